The lowest BCUT2D eigenvalue weighted by Crippen LogP contribution is -2.56. The van der Waals surface area contributed by atoms with Gasteiger partial charge in [0.05, 0.1) is 6.61 Å². The van der Waals surface area contributed by atoms with Crippen LogP contribution in [-0.4, -0.2) is 51.3 Å². The van der Waals surface area contributed by atoms with Crippen molar-refractivity contribution < 1.29 is 33.0 Å². The minimum atomic E-state index is -4.75. The fraction of sp³-hybridized carbons (Fsp3) is 0.286. The Balaban J connectivity index is 1.61. The van der Waals surface area contributed by atoms with Gasteiger partial charge in [-0.25, -0.2) is 0 Å². The van der Waals surface area contributed by atoms with Crippen LogP contribution in [0.4, 0.5) is 18.9 Å². The number of carbonyl (C=O) groups excluding carboxylic acids is 1. The fourth-order valence-electron chi connectivity index (χ4n) is 3.69. The summed E-state index contributed by atoms with van der Waals surface area (Å²) in [6, 6.07) is 13.0. The highest BCUT2D eigenvalue weighted by molar-refractivity contribution is 7.97. The highest BCUT2D eigenvalue weighted by Crippen LogP contribution is 2.46. The molecule has 4 rings (SSSR count). The fourth-order valence-corrected chi connectivity index (χ4v) is 4.72. The average molecular weight is 482 g/mol. The molecule has 12 heteroatoms. The van der Waals surface area contributed by atoms with E-state index < -0.39 is 36.4 Å². The molecule has 0 aliphatic carbocycles. The Bertz CT molecular complexity index is 1070. The van der Waals surface area contributed by atoms with Crippen molar-refractivity contribution in [1.29, 1.82) is 0 Å². The van der Waals surface area contributed by atoms with Crippen LogP contribution in [0.1, 0.15) is 17.2 Å². The molecule has 2 aromatic carbocycles. The van der Waals surface area contributed by atoms with E-state index in [4.69, 9.17) is 10.6 Å². The molecule has 8 nitrogen and oxygen atoms in total. The van der Waals surface area contributed by atoms with Crippen molar-refractivity contribution in [3.63, 3.8) is 0 Å². The third kappa shape index (κ3) is 4.52. The number of allylic oxidation sites excluding steroid dienone is 1. The SMILES string of the molecule is CN1C(C(F)(F)F)=CC(O)N(c2ccc3c(c2)C(C(N)=O)N(OCc2ccccc2)S3)C1O. The summed E-state index contributed by atoms with van der Waals surface area (Å²) < 4.78 is 41.0. The van der Waals surface area contributed by atoms with Crippen LogP contribution in [0, 0.1) is 0 Å². The number of amides is 1. The number of fused-ring (bicyclic) bond motifs is 1. The van der Waals surface area contributed by atoms with Crippen LogP contribution in [0.2, 0.25) is 0 Å². The smallest absolute Gasteiger partial charge is 0.370 e. The number of hydrogen-bond donors (Lipinski definition) is 3. The van der Waals surface area contributed by atoms with Gasteiger partial charge in [-0.1, -0.05) is 30.3 Å². The summed E-state index contributed by atoms with van der Waals surface area (Å²) in [6.45, 7) is 0.192. The van der Waals surface area contributed by atoms with Gasteiger partial charge in [0.2, 0.25) is 12.3 Å². The van der Waals surface area contributed by atoms with E-state index in [0.717, 1.165) is 29.5 Å². The molecule has 33 heavy (non-hydrogen) atoms. The van der Waals surface area contributed by atoms with E-state index in [1.807, 2.05) is 30.3 Å². The van der Waals surface area contributed by atoms with Crippen LogP contribution in [0.25, 0.3) is 0 Å². The van der Waals surface area contributed by atoms with Gasteiger partial charge in [-0.3, -0.25) is 14.5 Å². The molecule has 0 fully saturated rings. The standard InChI is InChI=1S/C21H21F3N4O4S/c1-26-16(21(22,23)24)10-17(29)27(20(26)31)13-7-8-15-14(9-13)18(19(25)30)28(33-15)32-11-12-5-3-2-4-6-12/h2-10,17-18,20,29,31H,11H2,1H3,(H2,25,30). The van der Waals surface area contributed by atoms with Crippen LogP contribution in [0.5, 0.6) is 0 Å². The molecule has 2 aliphatic heterocycles. The molecule has 0 saturated carbocycles. The van der Waals surface area contributed by atoms with Crippen LogP contribution in [0.3, 0.4) is 0 Å². The van der Waals surface area contributed by atoms with Crippen molar-refractivity contribution in [3.8, 4) is 0 Å². The molecule has 3 unspecified atom stereocenters. The van der Waals surface area contributed by atoms with Gasteiger partial charge in [0, 0.05) is 17.6 Å². The highest BCUT2D eigenvalue weighted by atomic mass is 32.2. The van der Waals surface area contributed by atoms with E-state index in [1.165, 1.54) is 16.6 Å². The lowest BCUT2D eigenvalue weighted by atomic mass is 10.1. The number of nitrogens with two attached hydrogens (primary N) is 1. The monoisotopic (exact) mass is 482 g/mol. The number of hydroxylamine groups is 1. The van der Waals surface area contributed by atoms with E-state index in [0.29, 0.717) is 21.4 Å². The zero-order chi connectivity index (χ0) is 23.9. The average Bonchev–Trinajstić information content (AvgIpc) is 3.13. The van der Waals surface area contributed by atoms with Crippen molar-refractivity contribution >= 4 is 23.5 Å². The number of aliphatic hydroxyl groups excluding tert-OH is 2. The Hall–Kier alpha value is -2.77. The molecule has 2 aromatic rings. The number of aliphatic hydroxyl groups is 2. The quantitative estimate of drug-likeness (QED) is 0.559. The molecule has 0 radical (unpaired) electrons. The Kier molecular flexibility index (Phi) is 6.29. The van der Waals surface area contributed by atoms with Crippen LogP contribution < -0.4 is 10.6 Å². The number of benzene rings is 2. The lowest BCUT2D eigenvalue weighted by molar-refractivity contribution is -0.144. The van der Waals surface area contributed by atoms with Crippen molar-refractivity contribution in [3.05, 3.63) is 71.4 Å². The number of rotatable bonds is 5. The lowest BCUT2D eigenvalue weighted by Gasteiger charge is -2.43. The molecule has 0 spiro atoms. The van der Waals surface area contributed by atoms with E-state index >= 15 is 0 Å². The van der Waals surface area contributed by atoms with Crippen LogP contribution >= 0.6 is 11.9 Å². The van der Waals surface area contributed by atoms with Gasteiger partial charge in [-0.15, -0.1) is 4.47 Å². The van der Waals surface area contributed by atoms with Gasteiger partial charge < -0.3 is 20.8 Å². The molecule has 2 aliphatic rings. The van der Waals surface area contributed by atoms with Gasteiger partial charge in [0.25, 0.3) is 0 Å². The summed E-state index contributed by atoms with van der Waals surface area (Å²) in [6.07, 6.45) is -7.69. The van der Waals surface area contributed by atoms with Crippen molar-refractivity contribution in [2.24, 2.45) is 5.73 Å². The van der Waals surface area contributed by atoms with Gasteiger partial charge in [0.1, 0.15) is 5.70 Å². The molecular formula is C21H21F3N4O4S. The minimum Gasteiger partial charge on any atom is -0.370 e. The molecule has 0 aromatic heterocycles. The zero-order valence-corrected chi connectivity index (χ0v) is 18.1. The van der Waals surface area contributed by atoms with Gasteiger partial charge in [-0.2, -0.15) is 13.2 Å². The molecule has 3 atom stereocenters. The first-order chi connectivity index (χ1) is 15.6. The molecule has 0 saturated heterocycles. The minimum absolute atomic E-state index is 0.192. The zero-order valence-electron chi connectivity index (χ0n) is 17.3. The maximum Gasteiger partial charge on any atom is 0.431 e. The summed E-state index contributed by atoms with van der Waals surface area (Å²) >= 11 is 1.15. The van der Waals surface area contributed by atoms with Gasteiger partial charge in [-0.05, 0) is 47.3 Å². The molecule has 2 heterocycles. The van der Waals surface area contributed by atoms with Gasteiger partial charge >= 0.3 is 6.18 Å². The molecule has 0 bridgehead atoms. The Morgan fingerprint density at radius 2 is 1.88 bits per heavy atom. The highest BCUT2D eigenvalue weighted by Gasteiger charge is 2.45. The Morgan fingerprint density at radius 1 is 1.18 bits per heavy atom. The first kappa shape index (κ1) is 23.4. The van der Waals surface area contributed by atoms with E-state index in [2.05, 4.69) is 0 Å². The molecule has 1 amide bonds. The summed E-state index contributed by atoms with van der Waals surface area (Å²) in [5, 5.41) is 20.9. The van der Waals surface area contributed by atoms with Crippen molar-refractivity contribution in [2.45, 2.75) is 36.3 Å². The molecule has 176 valence electrons. The maximum absolute atomic E-state index is 13.2. The third-order valence-corrected chi connectivity index (χ3v) is 6.38. The first-order valence-electron chi connectivity index (χ1n) is 9.81. The summed E-state index contributed by atoms with van der Waals surface area (Å²) in [4.78, 5) is 20.3. The van der Waals surface area contributed by atoms with E-state index in [-0.39, 0.29) is 12.3 Å². The van der Waals surface area contributed by atoms with Crippen LogP contribution in [-0.2, 0) is 16.2 Å². The molecule has 4 N–H and O–H groups in total. The molecular weight excluding hydrogens is 461 g/mol. The Labute approximate surface area is 191 Å². The topological polar surface area (TPSA) is 103 Å². The predicted molar refractivity (Wildman–Crippen MR) is 114 cm³/mol. The van der Waals surface area contributed by atoms with Crippen molar-refractivity contribution in [1.82, 2.24) is 9.37 Å². The summed E-state index contributed by atoms with van der Waals surface area (Å²) in [7, 11) is 1.07. The Morgan fingerprint density at radius 3 is 2.52 bits per heavy atom. The van der Waals surface area contributed by atoms with Crippen LogP contribution in [0.15, 0.2) is 65.2 Å². The normalized spacial score (nSPS) is 23.5. The predicted octanol–water partition coefficient (Wildman–Crippen LogP) is 2.46. The number of halogens is 3. The number of hydrogen-bond acceptors (Lipinski definition) is 8. The maximum atomic E-state index is 13.2. The van der Waals surface area contributed by atoms with E-state index in [1.54, 1.807) is 6.07 Å². The second-order valence-corrected chi connectivity index (χ2v) is 8.47. The largest absolute Gasteiger partial charge is 0.431 e. The summed E-state index contributed by atoms with van der Waals surface area (Å²) in [5.74, 6) is -0.692. The second-order valence-electron chi connectivity index (χ2n) is 7.49. The first-order valence-corrected chi connectivity index (χ1v) is 10.6. The van der Waals surface area contributed by atoms with Crippen molar-refractivity contribution in [2.75, 3.05) is 11.9 Å². The number of primary amides is 1. The summed E-state index contributed by atoms with van der Waals surface area (Å²) in [5.41, 5.74) is 5.99. The number of carbonyl (C=O) groups is 1. The number of alkyl halides is 3. The second kappa shape index (κ2) is 8.88. The third-order valence-electron chi connectivity index (χ3n) is 5.31. The number of anilines is 1. The van der Waals surface area contributed by atoms with Gasteiger partial charge in [0.15, 0.2) is 12.3 Å². The number of nitrogens with zero attached hydrogens (tertiary/aromatic N) is 3. The van der Waals surface area contributed by atoms with E-state index in [9.17, 15) is 28.2 Å².